The summed E-state index contributed by atoms with van der Waals surface area (Å²) >= 11 is 0. The normalized spacial score (nSPS) is 23.5. The van der Waals surface area contributed by atoms with E-state index in [1.807, 2.05) is 24.3 Å². The molecule has 1 aliphatic heterocycles. The van der Waals surface area contributed by atoms with E-state index in [1.54, 1.807) is 0 Å². The van der Waals surface area contributed by atoms with Gasteiger partial charge in [0.1, 0.15) is 6.54 Å². The molecule has 1 N–H and O–H groups in total. The lowest BCUT2D eigenvalue weighted by molar-refractivity contribution is -0.925. The minimum absolute atomic E-state index is 0. The third-order valence-electron chi connectivity index (χ3n) is 5.25. The zero-order chi connectivity index (χ0) is 17.0. The molecule has 1 fully saturated rings. The highest BCUT2D eigenvalue weighted by Crippen LogP contribution is 2.28. The molecule has 3 atom stereocenters. The highest BCUT2D eigenvalue weighted by atomic mass is 35.5. The van der Waals surface area contributed by atoms with Crippen LogP contribution in [0.25, 0.3) is 0 Å². The topological polar surface area (TPSA) is 29.1 Å². The molecular formula is C21H27ClN2O. The first-order valence-electron chi connectivity index (χ1n) is 8.82. The van der Waals surface area contributed by atoms with E-state index in [0.717, 1.165) is 36.0 Å². The number of nitrogens with zero attached hydrogens (tertiary/aromatic N) is 1. The van der Waals surface area contributed by atoms with Crippen LogP contribution in [0.5, 0.6) is 0 Å². The molecule has 2 aromatic rings. The van der Waals surface area contributed by atoms with E-state index in [-0.39, 0.29) is 30.4 Å². The Morgan fingerprint density at radius 2 is 1.72 bits per heavy atom. The van der Waals surface area contributed by atoms with Crippen molar-refractivity contribution in [3.05, 3.63) is 71.8 Å². The zero-order valence-corrected chi connectivity index (χ0v) is 15.7. The maximum absolute atomic E-state index is 12.9. The van der Waals surface area contributed by atoms with Gasteiger partial charge in [-0.05, 0) is 12.5 Å². The number of likely N-dealkylation sites (N-methyl/N-ethyl adjacent to an activating group) is 1. The van der Waals surface area contributed by atoms with Gasteiger partial charge in [0, 0.05) is 18.4 Å². The van der Waals surface area contributed by atoms with Crippen LogP contribution in [-0.2, 0) is 11.3 Å². The van der Waals surface area contributed by atoms with E-state index in [0.29, 0.717) is 0 Å². The maximum Gasteiger partial charge on any atom is 0.278 e. The van der Waals surface area contributed by atoms with Crippen molar-refractivity contribution in [3.63, 3.8) is 0 Å². The second-order valence-electron chi connectivity index (χ2n) is 7.15. The minimum Gasteiger partial charge on any atom is -1.00 e. The summed E-state index contributed by atoms with van der Waals surface area (Å²) in [5.41, 5.74) is 2.46. The van der Waals surface area contributed by atoms with Gasteiger partial charge in [-0.25, -0.2) is 0 Å². The molecule has 0 saturated carbocycles. The van der Waals surface area contributed by atoms with Gasteiger partial charge in [-0.3, -0.25) is 4.79 Å². The fourth-order valence-electron chi connectivity index (χ4n) is 3.85. The lowest BCUT2D eigenvalue weighted by Crippen LogP contribution is -3.00. The number of halogens is 1. The summed E-state index contributed by atoms with van der Waals surface area (Å²) in [7, 11) is 2.22. The van der Waals surface area contributed by atoms with Gasteiger partial charge in [0.05, 0.1) is 19.6 Å². The number of quaternary nitrogens is 1. The Hall–Kier alpha value is -1.84. The quantitative estimate of drug-likeness (QED) is 0.782. The average molecular weight is 359 g/mol. The van der Waals surface area contributed by atoms with Gasteiger partial charge in [-0.1, -0.05) is 60.7 Å². The van der Waals surface area contributed by atoms with Crippen LogP contribution in [0.3, 0.4) is 0 Å². The van der Waals surface area contributed by atoms with Gasteiger partial charge in [-0.2, -0.15) is 0 Å². The standard InChI is InChI=1S/C21H26N2O.ClH/c1-17(19-12-7-4-8-13-19)22-21(24)20-14-9-15-23(20,2)16-18-10-5-3-6-11-18;/h3-8,10-13,17,20H,9,14-16H2,1-2H3;1H/t17-,20+,23?;/m1./s1. The second kappa shape index (κ2) is 8.50. The molecular weight excluding hydrogens is 332 g/mol. The summed E-state index contributed by atoms with van der Waals surface area (Å²) in [6.45, 7) is 4.04. The van der Waals surface area contributed by atoms with E-state index in [9.17, 15) is 4.79 Å². The number of carbonyl (C=O) groups excluding carboxylic acids is 1. The van der Waals surface area contributed by atoms with Crippen molar-refractivity contribution in [2.75, 3.05) is 13.6 Å². The SMILES string of the molecule is C[C@@H](NC(=O)[C@@H]1CCC[N+]1(C)Cc1ccccc1)c1ccccc1.[Cl-]. The van der Waals surface area contributed by atoms with Crippen molar-refractivity contribution in [1.82, 2.24) is 5.32 Å². The number of nitrogens with one attached hydrogen (secondary N) is 1. The fraction of sp³-hybridized carbons (Fsp3) is 0.381. The number of hydrogen-bond acceptors (Lipinski definition) is 1. The molecule has 0 aromatic heterocycles. The van der Waals surface area contributed by atoms with Crippen molar-refractivity contribution in [3.8, 4) is 0 Å². The van der Waals surface area contributed by atoms with Crippen LogP contribution in [-0.4, -0.2) is 30.0 Å². The minimum atomic E-state index is 0. The first-order valence-corrected chi connectivity index (χ1v) is 8.82. The maximum atomic E-state index is 12.9. The number of benzene rings is 2. The predicted octanol–water partition coefficient (Wildman–Crippen LogP) is 0.677. The van der Waals surface area contributed by atoms with Crippen LogP contribution in [0.4, 0.5) is 0 Å². The monoisotopic (exact) mass is 358 g/mol. The fourth-order valence-corrected chi connectivity index (χ4v) is 3.85. The number of carbonyl (C=O) groups is 1. The Morgan fingerprint density at radius 3 is 2.36 bits per heavy atom. The third kappa shape index (κ3) is 4.62. The Morgan fingerprint density at radius 1 is 1.12 bits per heavy atom. The molecule has 1 amide bonds. The van der Waals surface area contributed by atoms with E-state index in [2.05, 4.69) is 55.7 Å². The van der Waals surface area contributed by atoms with Crippen LogP contribution in [0.2, 0.25) is 0 Å². The Balaban J connectivity index is 0.00000225. The molecule has 1 saturated heterocycles. The van der Waals surface area contributed by atoms with Gasteiger partial charge in [0.25, 0.3) is 5.91 Å². The summed E-state index contributed by atoms with van der Waals surface area (Å²) in [5, 5.41) is 3.22. The number of amides is 1. The van der Waals surface area contributed by atoms with E-state index >= 15 is 0 Å². The molecule has 1 aliphatic rings. The number of likely N-dealkylation sites (tertiary alicyclic amines) is 1. The van der Waals surface area contributed by atoms with Crippen molar-refractivity contribution in [1.29, 1.82) is 0 Å². The molecule has 1 unspecified atom stereocenters. The third-order valence-corrected chi connectivity index (χ3v) is 5.25. The molecule has 0 aliphatic carbocycles. The Labute approximate surface area is 157 Å². The molecule has 0 spiro atoms. The largest absolute Gasteiger partial charge is 1.00 e. The molecule has 0 radical (unpaired) electrons. The van der Waals surface area contributed by atoms with Gasteiger partial charge >= 0.3 is 0 Å². The summed E-state index contributed by atoms with van der Waals surface area (Å²) in [6, 6.07) is 20.8. The van der Waals surface area contributed by atoms with E-state index in [1.165, 1.54) is 5.56 Å². The van der Waals surface area contributed by atoms with Crippen molar-refractivity contribution >= 4 is 5.91 Å². The molecule has 3 rings (SSSR count). The van der Waals surface area contributed by atoms with Crippen LogP contribution in [0.1, 0.15) is 36.9 Å². The average Bonchev–Trinajstić information content (AvgIpc) is 2.97. The van der Waals surface area contributed by atoms with Crippen LogP contribution in [0.15, 0.2) is 60.7 Å². The van der Waals surface area contributed by atoms with Gasteiger partial charge in [0.2, 0.25) is 0 Å². The van der Waals surface area contributed by atoms with Gasteiger partial charge in [-0.15, -0.1) is 0 Å². The van der Waals surface area contributed by atoms with Crippen LogP contribution < -0.4 is 17.7 Å². The molecule has 3 nitrogen and oxygen atoms in total. The first-order chi connectivity index (χ1) is 11.6. The molecule has 134 valence electrons. The lowest BCUT2D eigenvalue weighted by Gasteiger charge is -2.36. The second-order valence-corrected chi connectivity index (χ2v) is 7.15. The molecule has 1 heterocycles. The van der Waals surface area contributed by atoms with Crippen molar-refractivity contribution in [2.24, 2.45) is 0 Å². The zero-order valence-electron chi connectivity index (χ0n) is 15.0. The Kier molecular flexibility index (Phi) is 6.63. The predicted molar refractivity (Wildman–Crippen MR) is 97.2 cm³/mol. The van der Waals surface area contributed by atoms with Crippen molar-refractivity contribution < 1.29 is 21.7 Å². The Bertz CT molecular complexity index is 677. The summed E-state index contributed by atoms with van der Waals surface area (Å²) < 4.78 is 0.803. The summed E-state index contributed by atoms with van der Waals surface area (Å²) in [4.78, 5) is 12.9. The smallest absolute Gasteiger partial charge is 0.278 e. The highest BCUT2D eigenvalue weighted by Gasteiger charge is 2.43. The molecule has 4 heteroatoms. The van der Waals surface area contributed by atoms with E-state index < -0.39 is 0 Å². The lowest BCUT2D eigenvalue weighted by atomic mass is 10.1. The summed E-state index contributed by atoms with van der Waals surface area (Å²) in [6.07, 6.45) is 2.08. The molecule has 25 heavy (non-hydrogen) atoms. The van der Waals surface area contributed by atoms with Crippen LogP contribution in [0, 0.1) is 0 Å². The van der Waals surface area contributed by atoms with E-state index in [4.69, 9.17) is 0 Å². The van der Waals surface area contributed by atoms with Gasteiger partial charge < -0.3 is 22.2 Å². The molecule has 2 aromatic carbocycles. The highest BCUT2D eigenvalue weighted by molar-refractivity contribution is 5.81. The first kappa shape index (κ1) is 19.5. The van der Waals surface area contributed by atoms with Gasteiger partial charge in [0.15, 0.2) is 6.04 Å². The summed E-state index contributed by atoms with van der Waals surface area (Å²) in [5.74, 6) is 0.183. The van der Waals surface area contributed by atoms with Crippen molar-refractivity contribution in [2.45, 2.75) is 38.4 Å². The number of rotatable bonds is 5. The number of hydrogen-bond donors (Lipinski definition) is 1. The molecule has 0 bridgehead atoms. The van der Waals surface area contributed by atoms with Crippen LogP contribution >= 0.6 is 0 Å².